The zero-order chi connectivity index (χ0) is 19.0. The summed E-state index contributed by atoms with van der Waals surface area (Å²) in [5.74, 6) is 0.429. The molecule has 2 aromatic rings. The van der Waals surface area contributed by atoms with Crippen molar-refractivity contribution < 1.29 is 22.7 Å². The highest BCUT2D eigenvalue weighted by molar-refractivity contribution is 7.93. The number of fused-ring (bicyclic) bond motifs is 1. The molecule has 3 unspecified atom stereocenters. The third kappa shape index (κ3) is 3.34. The van der Waals surface area contributed by atoms with Crippen LogP contribution in [0.5, 0.6) is 0 Å². The molecule has 0 saturated carbocycles. The number of ether oxygens (including phenoxy) is 1. The topological polar surface area (TPSA) is 84.3 Å². The highest BCUT2D eigenvalue weighted by Crippen LogP contribution is 2.37. The van der Waals surface area contributed by atoms with E-state index in [1.165, 1.54) is 4.31 Å². The van der Waals surface area contributed by atoms with Crippen molar-refractivity contribution in [3.05, 3.63) is 64.9 Å². The smallest absolute Gasteiger partial charge is 0.262 e. The van der Waals surface area contributed by atoms with E-state index in [1.807, 2.05) is 6.07 Å². The van der Waals surface area contributed by atoms with Gasteiger partial charge in [-0.15, -0.1) is 0 Å². The van der Waals surface area contributed by atoms with Gasteiger partial charge in [-0.2, -0.15) is 0 Å². The number of benzene rings is 1. The van der Waals surface area contributed by atoms with Crippen molar-refractivity contribution >= 4 is 15.7 Å². The average molecular weight is 388 g/mol. The summed E-state index contributed by atoms with van der Waals surface area (Å²) in [5.41, 5.74) is 2.33. The average Bonchev–Trinajstić information content (AvgIpc) is 3.34. The molecular weight excluding hydrogens is 368 g/mol. The van der Waals surface area contributed by atoms with Crippen molar-refractivity contribution in [1.82, 2.24) is 0 Å². The lowest BCUT2D eigenvalue weighted by atomic mass is 10.1. The van der Waals surface area contributed by atoms with E-state index in [0.29, 0.717) is 24.3 Å². The molecule has 3 atom stereocenters. The molecule has 1 aromatic carbocycles. The fourth-order valence-electron chi connectivity index (χ4n) is 3.82. The van der Waals surface area contributed by atoms with Gasteiger partial charge in [0.2, 0.25) is 10.0 Å². The Hall–Kier alpha value is -2.34. The van der Waals surface area contributed by atoms with Crippen LogP contribution in [0.15, 0.2) is 41.0 Å². The van der Waals surface area contributed by atoms with Crippen LogP contribution in [0.4, 0.5) is 5.69 Å². The van der Waals surface area contributed by atoms with Crippen LogP contribution in [0, 0.1) is 6.57 Å². The summed E-state index contributed by atoms with van der Waals surface area (Å²) in [7, 11) is -3.61. The summed E-state index contributed by atoms with van der Waals surface area (Å²) < 4.78 is 37.7. The molecule has 0 amide bonds. The van der Waals surface area contributed by atoms with Crippen LogP contribution in [0.3, 0.4) is 0 Å². The van der Waals surface area contributed by atoms with Crippen LogP contribution in [0.2, 0.25) is 0 Å². The molecule has 0 radical (unpaired) electrons. The number of hydrogen-bond acceptors (Lipinski definition) is 5. The second kappa shape index (κ2) is 7.00. The molecule has 1 N–H and O–H groups in total. The summed E-state index contributed by atoms with van der Waals surface area (Å²) in [4.78, 5) is 3.53. The fourth-order valence-corrected chi connectivity index (χ4v) is 5.75. The Kier molecular flexibility index (Phi) is 4.68. The number of aliphatic hydroxyl groups excluding tert-OH is 1. The molecule has 0 bridgehead atoms. The second-order valence-corrected chi connectivity index (χ2v) is 8.76. The molecular formula is C19H20N2O5S. The van der Waals surface area contributed by atoms with Crippen LogP contribution in [-0.4, -0.2) is 38.0 Å². The number of rotatable bonds is 5. The summed E-state index contributed by atoms with van der Waals surface area (Å²) in [6.07, 6.45) is 2.41. The maximum absolute atomic E-state index is 12.8. The number of hydrogen-bond donors (Lipinski definition) is 1. The molecule has 8 heteroatoms. The van der Waals surface area contributed by atoms with Gasteiger partial charge in [-0.05, 0) is 48.2 Å². The maximum Gasteiger partial charge on any atom is 0.262 e. The Morgan fingerprint density at radius 2 is 2.22 bits per heavy atom. The fraction of sp³-hybridized carbons (Fsp3) is 0.421. The molecule has 2 aliphatic rings. The predicted molar refractivity (Wildman–Crippen MR) is 98.5 cm³/mol. The Labute approximate surface area is 158 Å². The number of aliphatic hydroxyl groups is 1. The van der Waals surface area contributed by atoms with Gasteiger partial charge >= 0.3 is 0 Å². The Morgan fingerprint density at radius 3 is 2.96 bits per heavy atom. The highest BCUT2D eigenvalue weighted by Gasteiger charge is 2.49. The largest absolute Gasteiger partial charge is 0.467 e. The first-order valence-corrected chi connectivity index (χ1v) is 10.4. The third-order valence-corrected chi connectivity index (χ3v) is 6.98. The zero-order valence-corrected chi connectivity index (χ0v) is 15.4. The normalized spacial score (nSPS) is 26.1. The number of furan rings is 1. The van der Waals surface area contributed by atoms with Gasteiger partial charge in [0.1, 0.15) is 24.2 Å². The molecule has 4 rings (SSSR count). The van der Waals surface area contributed by atoms with E-state index in [4.69, 9.17) is 15.7 Å². The Bertz CT molecular complexity index is 964. The Morgan fingerprint density at radius 1 is 1.37 bits per heavy atom. The van der Waals surface area contributed by atoms with Crippen LogP contribution >= 0.6 is 0 Å². The highest BCUT2D eigenvalue weighted by atomic mass is 32.2. The van der Waals surface area contributed by atoms with Crippen molar-refractivity contribution in [3.8, 4) is 0 Å². The minimum atomic E-state index is -3.61. The lowest BCUT2D eigenvalue weighted by Crippen LogP contribution is -2.39. The predicted octanol–water partition coefficient (Wildman–Crippen LogP) is 2.28. The van der Waals surface area contributed by atoms with Crippen LogP contribution in [0.25, 0.3) is 4.85 Å². The molecule has 1 aliphatic carbocycles. The van der Waals surface area contributed by atoms with E-state index >= 15 is 0 Å². The number of sulfonamides is 1. The van der Waals surface area contributed by atoms with Gasteiger partial charge in [0.15, 0.2) is 0 Å². The van der Waals surface area contributed by atoms with Gasteiger partial charge in [-0.3, -0.25) is 4.31 Å². The molecule has 1 aromatic heterocycles. The van der Waals surface area contributed by atoms with Gasteiger partial charge in [-0.1, -0.05) is 6.07 Å². The van der Waals surface area contributed by atoms with Gasteiger partial charge in [0.05, 0.1) is 24.7 Å². The molecule has 1 aliphatic heterocycles. The molecule has 1 fully saturated rings. The summed E-state index contributed by atoms with van der Waals surface area (Å²) in [6, 6.07) is 7.56. The third-order valence-electron chi connectivity index (χ3n) is 5.13. The van der Waals surface area contributed by atoms with E-state index in [2.05, 4.69) is 4.85 Å². The van der Waals surface area contributed by atoms with Gasteiger partial charge in [-0.25, -0.2) is 15.0 Å². The summed E-state index contributed by atoms with van der Waals surface area (Å²) in [5, 5.41) is 9.98. The minimum Gasteiger partial charge on any atom is -0.467 e. The van der Waals surface area contributed by atoms with Gasteiger partial charge in [0, 0.05) is 0 Å². The van der Waals surface area contributed by atoms with E-state index in [0.717, 1.165) is 11.1 Å². The standard InChI is InChI=1S/C19H20N2O5S/c1-20-17-12-27(23,24)21(18(17)11-25-10-15-3-2-8-26-15)14-5-6-16-13(9-14)4-7-19(16)22/h2-3,5-6,8-9,17-19,22H,4,7,10-12H2. The van der Waals surface area contributed by atoms with E-state index in [-0.39, 0.29) is 19.0 Å². The summed E-state index contributed by atoms with van der Waals surface area (Å²) >= 11 is 0. The first-order chi connectivity index (χ1) is 13.0. The van der Waals surface area contributed by atoms with E-state index in [9.17, 15) is 13.5 Å². The van der Waals surface area contributed by atoms with Crippen molar-refractivity contribution in [2.45, 2.75) is 37.6 Å². The maximum atomic E-state index is 12.8. The van der Waals surface area contributed by atoms with Crippen LogP contribution in [0.1, 0.15) is 29.4 Å². The lowest BCUT2D eigenvalue weighted by Gasteiger charge is -2.25. The molecule has 142 valence electrons. The first kappa shape index (κ1) is 18.0. The van der Waals surface area contributed by atoms with Crippen LogP contribution < -0.4 is 4.31 Å². The summed E-state index contributed by atoms with van der Waals surface area (Å²) in [6.45, 7) is 7.73. The SMILES string of the molecule is [C-]#[N+]C1CS(=O)(=O)N(c2ccc3c(c2)CCC3O)C1COCc1ccco1. The molecule has 1 saturated heterocycles. The van der Waals surface area contributed by atoms with E-state index < -0.39 is 28.2 Å². The Balaban J connectivity index is 1.60. The monoisotopic (exact) mass is 388 g/mol. The van der Waals surface area contributed by atoms with Gasteiger partial charge < -0.3 is 19.1 Å². The minimum absolute atomic E-state index is 0.104. The molecule has 0 spiro atoms. The number of nitrogens with zero attached hydrogens (tertiary/aromatic N) is 2. The quantitative estimate of drug-likeness (QED) is 0.795. The second-order valence-electron chi connectivity index (χ2n) is 6.87. The van der Waals surface area contributed by atoms with Crippen molar-refractivity contribution in [3.63, 3.8) is 0 Å². The first-order valence-electron chi connectivity index (χ1n) is 8.79. The van der Waals surface area contributed by atoms with Gasteiger partial charge in [0.25, 0.3) is 6.04 Å². The van der Waals surface area contributed by atoms with Crippen molar-refractivity contribution in [1.29, 1.82) is 0 Å². The van der Waals surface area contributed by atoms with Crippen molar-refractivity contribution in [2.75, 3.05) is 16.7 Å². The number of anilines is 1. The molecule has 27 heavy (non-hydrogen) atoms. The lowest BCUT2D eigenvalue weighted by molar-refractivity contribution is 0.0950. The van der Waals surface area contributed by atoms with E-state index in [1.54, 1.807) is 30.5 Å². The number of aryl methyl sites for hydroxylation is 1. The zero-order valence-electron chi connectivity index (χ0n) is 14.6. The molecule has 2 heterocycles. The van der Waals surface area contributed by atoms with Crippen LogP contribution in [-0.2, 0) is 27.8 Å². The molecule has 7 nitrogen and oxygen atoms in total. The van der Waals surface area contributed by atoms with Crippen molar-refractivity contribution in [2.24, 2.45) is 0 Å².